The maximum absolute atomic E-state index is 5.26. The summed E-state index contributed by atoms with van der Waals surface area (Å²) in [5.41, 5.74) is 16.4. The van der Waals surface area contributed by atoms with Crippen LogP contribution in [-0.4, -0.2) is 19.5 Å². The van der Waals surface area contributed by atoms with Gasteiger partial charge in [-0.15, -0.1) is 0 Å². The Hall–Kier alpha value is -11.0. The van der Waals surface area contributed by atoms with Gasteiger partial charge >= 0.3 is 0 Å². The van der Waals surface area contributed by atoms with Gasteiger partial charge in [-0.3, -0.25) is 0 Å². The standard InChI is InChI=1S/C80H53N5/c1-80(2)71-49-68-64-34-17-15-32-62(64)61-31-14-16-33-63(61)67(68)48-69(71)74-75(80)66-36-19-18-35-65(66)73-70-47-60(84(59-42-39-51-23-12-13-28-55(51)45-59)57-40-37-52(38-41-57)50-21-6-3-7-22-50)43-44-72(70)85(76(73)74)58-30-20-29-56(46-58)79-82-77(53-24-8-4-9-25-53)81-78(83-79)54-26-10-5-11-27-54/h3-49H,1-2H3. The summed E-state index contributed by atoms with van der Waals surface area (Å²) in [7, 11) is 0. The van der Waals surface area contributed by atoms with Crippen molar-refractivity contribution in [2.45, 2.75) is 19.3 Å². The van der Waals surface area contributed by atoms with Gasteiger partial charge in [0, 0.05) is 61.2 Å². The molecule has 2 heterocycles. The zero-order valence-corrected chi connectivity index (χ0v) is 46.9. The van der Waals surface area contributed by atoms with E-state index in [9.17, 15) is 0 Å². The van der Waals surface area contributed by atoms with E-state index in [0.29, 0.717) is 17.5 Å². The molecule has 85 heavy (non-hydrogen) atoms. The van der Waals surface area contributed by atoms with E-state index in [0.717, 1.165) is 50.3 Å². The first-order valence-electron chi connectivity index (χ1n) is 29.2. The van der Waals surface area contributed by atoms with Crippen LogP contribution in [0.15, 0.2) is 285 Å². The van der Waals surface area contributed by atoms with Gasteiger partial charge in [0.05, 0.1) is 11.0 Å². The number of rotatable bonds is 8. The number of aromatic nitrogens is 4. The van der Waals surface area contributed by atoms with Crippen molar-refractivity contribution in [3.05, 3.63) is 296 Å². The third kappa shape index (κ3) is 7.67. The number of nitrogens with zero attached hydrogens (tertiary/aromatic N) is 5. The highest BCUT2D eigenvalue weighted by molar-refractivity contribution is 6.30. The van der Waals surface area contributed by atoms with Crippen molar-refractivity contribution in [1.29, 1.82) is 0 Å². The lowest BCUT2D eigenvalue weighted by Crippen LogP contribution is -2.15. The Bertz CT molecular complexity index is 5320. The minimum absolute atomic E-state index is 0.376. The molecule has 5 nitrogen and oxygen atoms in total. The first kappa shape index (κ1) is 48.7. The van der Waals surface area contributed by atoms with Gasteiger partial charge in [-0.2, -0.15) is 0 Å². The lowest BCUT2D eigenvalue weighted by atomic mass is 9.79. The van der Waals surface area contributed by atoms with E-state index >= 15 is 0 Å². The van der Waals surface area contributed by atoms with Crippen molar-refractivity contribution >= 4 is 92.7 Å². The molecule has 398 valence electrons. The Kier molecular flexibility index (Phi) is 10.9. The number of benzene rings is 14. The molecule has 0 unspecified atom stereocenters. The van der Waals surface area contributed by atoms with Gasteiger partial charge in [-0.1, -0.05) is 232 Å². The molecule has 0 bridgehead atoms. The Morgan fingerprint density at radius 2 is 0.812 bits per heavy atom. The normalized spacial score (nSPS) is 12.7. The third-order valence-electron chi connectivity index (χ3n) is 17.9. The zero-order chi connectivity index (χ0) is 56.3. The minimum Gasteiger partial charge on any atom is -0.310 e. The molecular formula is C80H53N5. The highest BCUT2D eigenvalue weighted by atomic mass is 15.1. The van der Waals surface area contributed by atoms with Gasteiger partial charge in [-0.25, -0.2) is 15.0 Å². The van der Waals surface area contributed by atoms with Crippen LogP contribution in [0, 0.1) is 0 Å². The fourth-order valence-electron chi connectivity index (χ4n) is 14.0. The second-order valence-corrected chi connectivity index (χ2v) is 23.1. The van der Waals surface area contributed by atoms with Crippen LogP contribution in [0.1, 0.15) is 25.0 Å². The maximum Gasteiger partial charge on any atom is 0.164 e. The summed E-state index contributed by atoms with van der Waals surface area (Å²) in [5.74, 6) is 1.86. The zero-order valence-electron chi connectivity index (χ0n) is 46.9. The highest BCUT2D eigenvalue weighted by Crippen LogP contribution is 2.58. The maximum atomic E-state index is 5.26. The molecule has 1 aliphatic carbocycles. The van der Waals surface area contributed by atoms with Crippen molar-refractivity contribution in [1.82, 2.24) is 19.5 Å². The van der Waals surface area contributed by atoms with Crippen LogP contribution in [0.4, 0.5) is 17.1 Å². The summed E-state index contributed by atoms with van der Waals surface area (Å²) >= 11 is 0. The molecule has 0 aliphatic heterocycles. The molecule has 14 aromatic carbocycles. The van der Waals surface area contributed by atoms with Crippen molar-refractivity contribution in [3.8, 4) is 62.1 Å². The molecule has 0 amide bonds. The predicted molar refractivity (Wildman–Crippen MR) is 356 cm³/mol. The molecule has 0 N–H and O–H groups in total. The van der Waals surface area contributed by atoms with Gasteiger partial charge in [-0.05, 0) is 148 Å². The first-order chi connectivity index (χ1) is 41.9. The second kappa shape index (κ2) is 19.0. The lowest BCUT2D eigenvalue weighted by Gasteiger charge is -2.26. The topological polar surface area (TPSA) is 46.8 Å². The lowest BCUT2D eigenvalue weighted by molar-refractivity contribution is 0.667. The number of fused-ring (bicyclic) bond motifs is 17. The van der Waals surface area contributed by atoms with Crippen LogP contribution in [0.2, 0.25) is 0 Å². The van der Waals surface area contributed by atoms with Gasteiger partial charge < -0.3 is 9.47 Å². The molecule has 16 aromatic rings. The average Bonchev–Trinajstić information content (AvgIpc) is 3.62. The molecule has 17 rings (SSSR count). The number of hydrogen-bond acceptors (Lipinski definition) is 4. The van der Waals surface area contributed by atoms with E-state index in [4.69, 9.17) is 15.0 Å². The Labute approximate surface area is 492 Å². The number of hydrogen-bond donors (Lipinski definition) is 0. The van der Waals surface area contributed by atoms with E-state index in [-0.39, 0.29) is 5.41 Å². The van der Waals surface area contributed by atoms with Crippen molar-refractivity contribution in [3.63, 3.8) is 0 Å². The molecule has 1 aliphatic rings. The quantitative estimate of drug-likeness (QED) is 0.142. The second-order valence-electron chi connectivity index (χ2n) is 23.1. The van der Waals surface area contributed by atoms with E-state index in [1.54, 1.807) is 0 Å². The fourth-order valence-corrected chi connectivity index (χ4v) is 14.0. The summed E-state index contributed by atoms with van der Waals surface area (Å²) in [6.45, 7) is 4.88. The molecule has 0 saturated carbocycles. The van der Waals surface area contributed by atoms with Crippen molar-refractivity contribution in [2.24, 2.45) is 0 Å². The summed E-state index contributed by atoms with van der Waals surface area (Å²) in [6.07, 6.45) is 0. The van der Waals surface area contributed by atoms with Crippen LogP contribution in [-0.2, 0) is 5.41 Å². The predicted octanol–water partition coefficient (Wildman–Crippen LogP) is 21.2. The van der Waals surface area contributed by atoms with Crippen molar-refractivity contribution in [2.75, 3.05) is 4.90 Å². The van der Waals surface area contributed by atoms with Gasteiger partial charge in [0.2, 0.25) is 0 Å². The monoisotopic (exact) mass is 1080 g/mol. The SMILES string of the molecule is CC1(C)c2cc3c4ccccc4c4ccccc4c3cc2-c2c1c1ccccc1c1c3cc(N(c4ccc(-c5ccccc5)cc4)c4ccc5ccccc5c4)ccc3n(-c3cccc(-c4nc(-c5ccccc5)nc(-c5ccccc5)n4)c3)c21. The molecule has 2 aromatic heterocycles. The van der Waals surface area contributed by atoms with Gasteiger partial charge in [0.1, 0.15) is 0 Å². The molecule has 0 spiro atoms. The largest absolute Gasteiger partial charge is 0.310 e. The molecule has 0 fully saturated rings. The van der Waals surface area contributed by atoms with Crippen LogP contribution >= 0.6 is 0 Å². The van der Waals surface area contributed by atoms with E-state index in [1.807, 2.05) is 36.4 Å². The summed E-state index contributed by atoms with van der Waals surface area (Å²) in [5, 5.41) is 14.8. The summed E-state index contributed by atoms with van der Waals surface area (Å²) < 4.78 is 2.55. The average molecular weight is 1080 g/mol. The van der Waals surface area contributed by atoms with E-state index in [1.165, 1.54) is 98.1 Å². The molecular weight excluding hydrogens is 1030 g/mol. The first-order valence-corrected chi connectivity index (χ1v) is 29.2. The van der Waals surface area contributed by atoms with Crippen LogP contribution in [0.25, 0.3) is 138 Å². The van der Waals surface area contributed by atoms with Gasteiger partial charge in [0.15, 0.2) is 17.5 Å². The van der Waals surface area contributed by atoms with Gasteiger partial charge in [0.25, 0.3) is 0 Å². The van der Waals surface area contributed by atoms with E-state index in [2.05, 4.69) is 272 Å². The molecule has 0 radical (unpaired) electrons. The Morgan fingerprint density at radius 3 is 1.46 bits per heavy atom. The van der Waals surface area contributed by atoms with E-state index < -0.39 is 0 Å². The molecule has 0 saturated heterocycles. The smallest absolute Gasteiger partial charge is 0.164 e. The summed E-state index contributed by atoms with van der Waals surface area (Å²) in [4.78, 5) is 18.0. The minimum atomic E-state index is -0.376. The molecule has 5 heteroatoms. The Balaban J connectivity index is 0.973. The summed E-state index contributed by atoms with van der Waals surface area (Å²) in [6, 6.07) is 104. The van der Waals surface area contributed by atoms with Crippen molar-refractivity contribution < 1.29 is 0 Å². The van der Waals surface area contributed by atoms with Crippen LogP contribution < -0.4 is 4.90 Å². The Morgan fingerprint density at radius 1 is 0.329 bits per heavy atom. The third-order valence-corrected chi connectivity index (χ3v) is 17.9. The molecule has 0 atom stereocenters. The van der Waals surface area contributed by atoms with Crippen LogP contribution in [0.5, 0.6) is 0 Å². The highest BCUT2D eigenvalue weighted by Gasteiger charge is 2.41. The van der Waals surface area contributed by atoms with Crippen LogP contribution in [0.3, 0.4) is 0 Å². The number of anilines is 3. The fraction of sp³-hybridized carbons (Fsp3) is 0.0375.